The van der Waals surface area contributed by atoms with Crippen molar-refractivity contribution in [1.29, 1.82) is 0 Å². The van der Waals surface area contributed by atoms with Crippen LogP contribution in [0.2, 0.25) is 5.15 Å². The van der Waals surface area contributed by atoms with E-state index in [1.54, 1.807) is 6.07 Å². The minimum Gasteiger partial charge on any atom is -0.370 e. The van der Waals surface area contributed by atoms with Gasteiger partial charge in [0.05, 0.1) is 0 Å². The molecule has 0 spiro atoms. The van der Waals surface area contributed by atoms with Gasteiger partial charge < -0.3 is 5.32 Å². The zero-order valence-corrected chi connectivity index (χ0v) is 11.9. The number of aromatic nitrogens is 2. The molecule has 1 aromatic heterocycles. The molecular weight excluding hydrogens is 234 g/mol. The third-order valence-electron chi connectivity index (χ3n) is 2.40. The third kappa shape index (κ3) is 5.87. The average Bonchev–Trinajstić information content (AvgIpc) is 2.15. The quantitative estimate of drug-likeness (QED) is 0.810. The van der Waals surface area contributed by atoms with Crippen LogP contribution >= 0.6 is 11.6 Å². The molecule has 0 atom stereocenters. The van der Waals surface area contributed by atoms with Gasteiger partial charge in [0, 0.05) is 19.0 Å². The van der Waals surface area contributed by atoms with E-state index in [-0.39, 0.29) is 0 Å². The molecule has 3 nitrogen and oxygen atoms in total. The van der Waals surface area contributed by atoms with Crippen molar-refractivity contribution < 1.29 is 0 Å². The number of hydrogen-bond acceptors (Lipinski definition) is 3. The van der Waals surface area contributed by atoms with Gasteiger partial charge in [-0.05, 0) is 18.3 Å². The monoisotopic (exact) mass is 255 g/mol. The number of rotatable bonds is 5. The van der Waals surface area contributed by atoms with Crippen molar-refractivity contribution in [2.45, 2.75) is 47.0 Å². The van der Waals surface area contributed by atoms with Crippen LogP contribution in [0.15, 0.2) is 6.07 Å². The van der Waals surface area contributed by atoms with Gasteiger partial charge in [-0.3, -0.25) is 0 Å². The summed E-state index contributed by atoms with van der Waals surface area (Å²) in [6.07, 6.45) is 2.99. The van der Waals surface area contributed by atoms with Crippen LogP contribution in [0.4, 0.5) is 5.82 Å². The van der Waals surface area contributed by atoms with Crippen LogP contribution in [0.5, 0.6) is 0 Å². The molecule has 0 amide bonds. The van der Waals surface area contributed by atoms with E-state index in [0.29, 0.717) is 10.6 Å². The lowest BCUT2D eigenvalue weighted by Crippen LogP contribution is -2.14. The molecule has 1 N–H and O–H groups in total. The minimum atomic E-state index is 0.329. The van der Waals surface area contributed by atoms with E-state index < -0.39 is 0 Å². The predicted molar refractivity (Wildman–Crippen MR) is 73.6 cm³/mol. The molecule has 1 aromatic rings. The molecule has 0 unspecified atom stereocenters. The van der Waals surface area contributed by atoms with Gasteiger partial charge in [-0.1, -0.05) is 39.3 Å². The number of nitrogens with one attached hydrogen (secondary N) is 1. The van der Waals surface area contributed by atoms with Crippen molar-refractivity contribution in [3.63, 3.8) is 0 Å². The smallest absolute Gasteiger partial charge is 0.134 e. The molecule has 0 radical (unpaired) electrons. The maximum atomic E-state index is 5.96. The predicted octanol–water partition coefficient (Wildman–Crippen LogP) is 3.93. The summed E-state index contributed by atoms with van der Waals surface area (Å²) in [5.41, 5.74) is 0.329. The zero-order chi connectivity index (χ0) is 12.9. The topological polar surface area (TPSA) is 37.8 Å². The Morgan fingerprint density at radius 2 is 2.00 bits per heavy atom. The van der Waals surface area contributed by atoms with Crippen LogP contribution < -0.4 is 5.32 Å². The Balaban J connectivity index is 2.58. The van der Waals surface area contributed by atoms with Crippen molar-refractivity contribution >= 4 is 17.4 Å². The summed E-state index contributed by atoms with van der Waals surface area (Å²) in [4.78, 5) is 8.63. The van der Waals surface area contributed by atoms with Crippen molar-refractivity contribution in [1.82, 2.24) is 9.97 Å². The number of nitrogens with zero attached hydrogens (tertiary/aromatic N) is 2. The van der Waals surface area contributed by atoms with Crippen molar-refractivity contribution in [3.05, 3.63) is 17.0 Å². The first-order chi connectivity index (χ1) is 7.90. The van der Waals surface area contributed by atoms with Crippen LogP contribution in [0, 0.1) is 5.41 Å². The first-order valence-electron chi connectivity index (χ1n) is 6.18. The molecule has 0 fully saturated rings. The lowest BCUT2D eigenvalue weighted by Gasteiger charge is -2.18. The molecule has 96 valence electrons. The lowest BCUT2D eigenvalue weighted by molar-refractivity contribution is 0.389. The van der Waals surface area contributed by atoms with Gasteiger partial charge in [0.2, 0.25) is 0 Å². The molecular formula is C13H22ClN3. The largest absolute Gasteiger partial charge is 0.370 e. The van der Waals surface area contributed by atoms with Crippen LogP contribution in [0.1, 0.15) is 46.4 Å². The highest BCUT2D eigenvalue weighted by molar-refractivity contribution is 6.29. The second kappa shape index (κ2) is 6.20. The summed E-state index contributed by atoms with van der Waals surface area (Å²) in [6.45, 7) is 9.69. The summed E-state index contributed by atoms with van der Waals surface area (Å²) < 4.78 is 0. The Kier molecular flexibility index (Phi) is 5.19. The van der Waals surface area contributed by atoms with E-state index in [0.717, 1.165) is 37.4 Å². The highest BCUT2D eigenvalue weighted by atomic mass is 35.5. The standard InChI is InChI=1S/C13H22ClN3/c1-5-6-11-16-10(14)9-12(17-11)15-8-7-13(2,3)4/h9H,5-8H2,1-4H3,(H,15,16,17). The highest BCUT2D eigenvalue weighted by Crippen LogP contribution is 2.19. The Morgan fingerprint density at radius 1 is 1.29 bits per heavy atom. The van der Waals surface area contributed by atoms with Gasteiger partial charge in [-0.2, -0.15) is 0 Å². The number of anilines is 1. The van der Waals surface area contributed by atoms with Gasteiger partial charge in [-0.25, -0.2) is 9.97 Å². The summed E-state index contributed by atoms with van der Waals surface area (Å²) in [5.74, 6) is 1.65. The highest BCUT2D eigenvalue weighted by Gasteiger charge is 2.09. The second-order valence-electron chi connectivity index (χ2n) is 5.48. The van der Waals surface area contributed by atoms with Crippen LogP contribution in [0.3, 0.4) is 0 Å². The van der Waals surface area contributed by atoms with Gasteiger partial charge >= 0.3 is 0 Å². The van der Waals surface area contributed by atoms with Gasteiger partial charge in [0.15, 0.2) is 0 Å². The normalized spacial score (nSPS) is 11.6. The van der Waals surface area contributed by atoms with Crippen molar-refractivity contribution in [2.24, 2.45) is 5.41 Å². The van der Waals surface area contributed by atoms with E-state index in [2.05, 4.69) is 43.0 Å². The van der Waals surface area contributed by atoms with Crippen molar-refractivity contribution in [2.75, 3.05) is 11.9 Å². The molecule has 17 heavy (non-hydrogen) atoms. The fourth-order valence-corrected chi connectivity index (χ4v) is 1.66. The first kappa shape index (κ1) is 14.2. The van der Waals surface area contributed by atoms with E-state index in [1.165, 1.54) is 0 Å². The Bertz CT molecular complexity index is 358. The molecule has 0 aromatic carbocycles. The van der Waals surface area contributed by atoms with Crippen LogP contribution in [0.25, 0.3) is 0 Å². The van der Waals surface area contributed by atoms with E-state index in [9.17, 15) is 0 Å². The molecule has 0 aliphatic carbocycles. The fourth-order valence-electron chi connectivity index (χ4n) is 1.46. The molecule has 0 bridgehead atoms. The summed E-state index contributed by atoms with van der Waals surface area (Å²) in [7, 11) is 0. The van der Waals surface area contributed by atoms with E-state index in [1.807, 2.05) is 0 Å². The molecule has 0 saturated heterocycles. The molecule has 1 rings (SSSR count). The number of halogens is 1. The Hall–Kier alpha value is -0.830. The average molecular weight is 256 g/mol. The zero-order valence-electron chi connectivity index (χ0n) is 11.2. The first-order valence-corrected chi connectivity index (χ1v) is 6.56. The Labute approximate surface area is 109 Å². The maximum absolute atomic E-state index is 5.96. The van der Waals surface area contributed by atoms with Gasteiger partial charge in [0.25, 0.3) is 0 Å². The second-order valence-corrected chi connectivity index (χ2v) is 5.87. The third-order valence-corrected chi connectivity index (χ3v) is 2.59. The molecule has 1 heterocycles. The molecule has 0 aliphatic heterocycles. The van der Waals surface area contributed by atoms with Gasteiger partial charge in [-0.15, -0.1) is 0 Å². The maximum Gasteiger partial charge on any atom is 0.134 e. The van der Waals surface area contributed by atoms with Crippen LogP contribution in [-0.2, 0) is 6.42 Å². The van der Waals surface area contributed by atoms with Gasteiger partial charge in [0.1, 0.15) is 16.8 Å². The number of hydrogen-bond donors (Lipinski definition) is 1. The minimum absolute atomic E-state index is 0.329. The summed E-state index contributed by atoms with van der Waals surface area (Å²) in [5, 5.41) is 3.82. The van der Waals surface area contributed by atoms with E-state index in [4.69, 9.17) is 11.6 Å². The number of aryl methyl sites for hydroxylation is 1. The van der Waals surface area contributed by atoms with E-state index >= 15 is 0 Å². The van der Waals surface area contributed by atoms with Crippen molar-refractivity contribution in [3.8, 4) is 0 Å². The Morgan fingerprint density at radius 3 is 2.59 bits per heavy atom. The fraction of sp³-hybridized carbons (Fsp3) is 0.692. The summed E-state index contributed by atoms with van der Waals surface area (Å²) >= 11 is 5.96. The lowest BCUT2D eigenvalue weighted by atomic mass is 9.92. The molecule has 0 saturated carbocycles. The summed E-state index contributed by atoms with van der Waals surface area (Å²) in [6, 6.07) is 1.78. The molecule has 4 heteroatoms. The SMILES string of the molecule is CCCc1nc(Cl)cc(NCCC(C)(C)C)n1. The van der Waals surface area contributed by atoms with Crippen LogP contribution in [-0.4, -0.2) is 16.5 Å². The molecule has 0 aliphatic rings.